The van der Waals surface area contributed by atoms with Crippen molar-refractivity contribution in [2.45, 2.75) is 63.3 Å². The van der Waals surface area contributed by atoms with E-state index in [1.807, 2.05) is 24.3 Å². The Morgan fingerprint density at radius 2 is 1.67 bits per heavy atom. The smallest absolute Gasteiger partial charge is 0.411 e. The number of ether oxygens (including phenoxy) is 2. The topological polar surface area (TPSA) is 74.2 Å². The Labute approximate surface area is 179 Å². The molecule has 0 spiro atoms. The summed E-state index contributed by atoms with van der Waals surface area (Å²) in [4.78, 5) is 12.4. The van der Waals surface area contributed by atoms with Gasteiger partial charge in [-0.1, -0.05) is 65.7 Å². The number of para-hydroxylation sites is 1. The fourth-order valence-corrected chi connectivity index (χ4v) is 8.90. The summed E-state index contributed by atoms with van der Waals surface area (Å²) >= 11 is 0. The van der Waals surface area contributed by atoms with Crippen molar-refractivity contribution in [1.82, 2.24) is 0 Å². The number of Topliss-reactive ketones (excluding diaryl/α,β-unsaturated/α-hetero) is 1. The van der Waals surface area contributed by atoms with Crippen LogP contribution >= 0.6 is 0 Å². The van der Waals surface area contributed by atoms with Gasteiger partial charge in [0.25, 0.3) is 11.4 Å². The molecule has 30 heavy (non-hydrogen) atoms. The fourth-order valence-electron chi connectivity index (χ4n) is 4.27. The molecule has 1 heterocycles. The molecule has 0 fully saturated rings. The maximum atomic E-state index is 12.4. The lowest BCUT2D eigenvalue weighted by molar-refractivity contribution is -0.138. The van der Waals surface area contributed by atoms with Crippen LogP contribution in [0.1, 0.15) is 53.2 Å². The number of methoxy groups -OCH3 is 2. The van der Waals surface area contributed by atoms with Crippen LogP contribution in [0.4, 0.5) is 0 Å². The quantitative estimate of drug-likeness (QED) is 0.565. The van der Waals surface area contributed by atoms with Gasteiger partial charge in [-0.15, -0.1) is 0 Å². The molecule has 0 radical (unpaired) electrons. The molecular weight excluding hydrogens is 400 g/mol. The summed E-state index contributed by atoms with van der Waals surface area (Å²) in [5, 5.41) is 10.3. The first-order chi connectivity index (χ1) is 13.8. The maximum absolute atomic E-state index is 12.4. The highest BCUT2D eigenvalue weighted by molar-refractivity contribution is 6.74. The highest BCUT2D eigenvalue weighted by atomic mass is 28.4. The van der Waals surface area contributed by atoms with Crippen LogP contribution < -0.4 is 4.43 Å². The van der Waals surface area contributed by atoms with Crippen molar-refractivity contribution >= 4 is 14.3 Å². The van der Waals surface area contributed by atoms with Crippen molar-refractivity contribution in [1.29, 1.82) is 0 Å². The molecule has 0 amide bonds. The Morgan fingerprint density at radius 1 is 1.07 bits per heavy atom. The average molecular weight is 431 g/mol. The molecule has 7 heteroatoms. The number of hydrogen-bond donors (Lipinski definition) is 1. The number of aliphatic hydroxyl groups is 1. The molecule has 0 aromatic heterocycles. The minimum absolute atomic E-state index is 0.0120. The van der Waals surface area contributed by atoms with Gasteiger partial charge in [0.05, 0.1) is 14.2 Å². The van der Waals surface area contributed by atoms with E-state index >= 15 is 0 Å². The second kappa shape index (κ2) is 7.15. The van der Waals surface area contributed by atoms with E-state index in [4.69, 9.17) is 18.3 Å². The van der Waals surface area contributed by atoms with Gasteiger partial charge in [0.1, 0.15) is 11.9 Å². The maximum Gasteiger partial charge on any atom is 0.411 e. The third-order valence-corrected chi connectivity index (χ3v) is 10.6. The van der Waals surface area contributed by atoms with E-state index in [2.05, 4.69) is 53.4 Å². The van der Waals surface area contributed by atoms with E-state index in [1.54, 1.807) is 0 Å². The Kier molecular flexibility index (Phi) is 5.34. The van der Waals surface area contributed by atoms with Gasteiger partial charge in [0.2, 0.25) is 5.76 Å². The van der Waals surface area contributed by atoms with E-state index in [0.29, 0.717) is 0 Å². The van der Waals surface area contributed by atoms with Crippen molar-refractivity contribution in [2.24, 2.45) is 0 Å². The lowest BCUT2D eigenvalue weighted by Crippen LogP contribution is -2.61. The summed E-state index contributed by atoms with van der Waals surface area (Å²) in [6.07, 6.45) is -0.651. The molecule has 162 valence electrons. The minimum atomic E-state index is -2.89. The van der Waals surface area contributed by atoms with Crippen LogP contribution in [0.25, 0.3) is 0 Å². The first-order valence-corrected chi connectivity index (χ1v) is 11.7. The highest BCUT2D eigenvalue weighted by Gasteiger charge is 2.63. The van der Waals surface area contributed by atoms with Gasteiger partial charge in [0, 0.05) is 15.6 Å². The van der Waals surface area contributed by atoms with E-state index in [0.717, 1.165) is 11.3 Å². The third-order valence-electron chi connectivity index (χ3n) is 5.58. The molecule has 0 bridgehead atoms. The Balaban J connectivity index is 2.12. The summed E-state index contributed by atoms with van der Waals surface area (Å²) in [7, 11) is -0.172. The lowest BCUT2D eigenvalue weighted by Gasteiger charge is -2.52. The van der Waals surface area contributed by atoms with Gasteiger partial charge in [-0.2, -0.15) is 0 Å². The van der Waals surface area contributed by atoms with Crippen molar-refractivity contribution in [3.05, 3.63) is 41.3 Å². The normalized spacial score (nSPS) is 25.4. The molecule has 2 unspecified atom stereocenters. The minimum Gasteiger partial charge on any atom is -0.519 e. The number of carbonyl (C=O) groups is 1. The van der Waals surface area contributed by atoms with Gasteiger partial charge in [-0.05, 0) is 12.0 Å². The second-order valence-corrected chi connectivity index (χ2v) is 14.3. The monoisotopic (exact) mass is 430 g/mol. The SMILES string of the molecule is COC1=C(OC)C(O)(C#CC2O[Si](C(C)(C)C)(C(C)(C)C)Oc3ccccc32)C1=O. The van der Waals surface area contributed by atoms with Crippen LogP contribution in [0.15, 0.2) is 35.8 Å². The molecule has 1 aromatic rings. The molecule has 1 aliphatic heterocycles. The number of benzene rings is 1. The Morgan fingerprint density at radius 3 is 2.20 bits per heavy atom. The van der Waals surface area contributed by atoms with Gasteiger partial charge < -0.3 is 23.4 Å². The van der Waals surface area contributed by atoms with E-state index in [9.17, 15) is 9.90 Å². The summed E-state index contributed by atoms with van der Waals surface area (Å²) in [5.74, 6) is 5.80. The zero-order valence-corrected chi connectivity index (χ0v) is 19.9. The van der Waals surface area contributed by atoms with Gasteiger partial charge >= 0.3 is 8.56 Å². The average Bonchev–Trinajstić information content (AvgIpc) is 2.67. The van der Waals surface area contributed by atoms with Crippen LogP contribution in [0.2, 0.25) is 10.1 Å². The van der Waals surface area contributed by atoms with Gasteiger partial charge in [-0.25, -0.2) is 0 Å². The van der Waals surface area contributed by atoms with Crippen molar-refractivity contribution in [3.63, 3.8) is 0 Å². The van der Waals surface area contributed by atoms with Crippen LogP contribution in [0, 0.1) is 11.8 Å². The van der Waals surface area contributed by atoms with Crippen LogP contribution in [0.3, 0.4) is 0 Å². The predicted octanol–water partition coefficient (Wildman–Crippen LogP) is 4.00. The molecule has 3 rings (SSSR count). The number of rotatable bonds is 2. The first-order valence-electron chi connectivity index (χ1n) is 9.91. The molecule has 2 atom stereocenters. The predicted molar refractivity (Wildman–Crippen MR) is 115 cm³/mol. The van der Waals surface area contributed by atoms with E-state index in [1.165, 1.54) is 14.2 Å². The van der Waals surface area contributed by atoms with Crippen LogP contribution in [-0.4, -0.2) is 39.3 Å². The summed E-state index contributed by atoms with van der Waals surface area (Å²) in [6.45, 7) is 12.7. The molecule has 0 saturated carbocycles. The number of fused-ring (bicyclic) bond motifs is 1. The van der Waals surface area contributed by atoms with Crippen molar-refractivity contribution in [3.8, 4) is 17.6 Å². The lowest BCUT2D eigenvalue weighted by atomic mass is 9.83. The largest absolute Gasteiger partial charge is 0.519 e. The van der Waals surface area contributed by atoms with E-state index < -0.39 is 26.0 Å². The summed E-state index contributed by atoms with van der Waals surface area (Å²) in [5.41, 5.74) is -1.27. The molecule has 0 saturated heterocycles. The molecule has 2 aliphatic rings. The highest BCUT2D eigenvalue weighted by Crippen LogP contribution is 2.56. The van der Waals surface area contributed by atoms with Crippen molar-refractivity contribution < 1.29 is 28.2 Å². The zero-order chi connectivity index (χ0) is 22.5. The summed E-state index contributed by atoms with van der Waals surface area (Å²) in [6, 6.07) is 7.60. The van der Waals surface area contributed by atoms with Crippen LogP contribution in [0.5, 0.6) is 5.75 Å². The fraction of sp³-hybridized carbons (Fsp3) is 0.522. The number of hydrogen-bond acceptors (Lipinski definition) is 6. The Bertz CT molecular complexity index is 942. The van der Waals surface area contributed by atoms with Crippen molar-refractivity contribution in [2.75, 3.05) is 14.2 Å². The van der Waals surface area contributed by atoms with Gasteiger partial charge in [0.15, 0.2) is 5.76 Å². The molecule has 1 aliphatic carbocycles. The Hall–Kier alpha value is -2.27. The summed E-state index contributed by atoms with van der Waals surface area (Å²) < 4.78 is 23.5. The standard InChI is InChI=1S/C23H30O6Si/c1-21(2,3)30(22(4,5)6)28-16-12-10-9-11-15(16)17(29-30)13-14-23(25)19(24)18(26-7)20(23)27-8/h9-12,17,25H,1-8H3. The number of carbonyl (C=O) groups excluding carboxylic acids is 1. The molecule has 1 aromatic carbocycles. The van der Waals surface area contributed by atoms with Gasteiger partial charge in [-0.3, -0.25) is 4.79 Å². The van der Waals surface area contributed by atoms with E-state index in [-0.39, 0.29) is 21.6 Å². The number of ketones is 1. The van der Waals surface area contributed by atoms with Crippen LogP contribution in [-0.2, 0) is 18.7 Å². The molecule has 6 nitrogen and oxygen atoms in total. The first kappa shape index (κ1) is 22.4. The second-order valence-electron chi connectivity index (χ2n) is 9.63. The zero-order valence-electron chi connectivity index (χ0n) is 18.9. The molecule has 1 N–H and O–H groups in total. The third kappa shape index (κ3) is 3.14. The molecular formula is C23H30O6Si.